The molecule has 0 radical (unpaired) electrons. The van der Waals surface area contributed by atoms with Crippen LogP contribution in [0.2, 0.25) is 0 Å². The Kier molecular flexibility index (Phi) is 4.05. The molecule has 1 spiro atoms. The van der Waals surface area contributed by atoms with E-state index in [4.69, 9.17) is 4.74 Å². The van der Waals surface area contributed by atoms with Gasteiger partial charge < -0.3 is 15.4 Å². The summed E-state index contributed by atoms with van der Waals surface area (Å²) in [5.41, 5.74) is 0.384. The van der Waals surface area contributed by atoms with Gasteiger partial charge in [-0.15, -0.1) is 11.3 Å². The van der Waals surface area contributed by atoms with Crippen LogP contribution in [0.25, 0.3) is 0 Å². The first-order valence-corrected chi connectivity index (χ1v) is 9.61. The van der Waals surface area contributed by atoms with Gasteiger partial charge in [-0.3, -0.25) is 4.99 Å². The number of aryl methyl sites for hydroxylation is 1. The summed E-state index contributed by atoms with van der Waals surface area (Å²) in [5.74, 6) is 1.57. The molecule has 1 aliphatic heterocycles. The van der Waals surface area contributed by atoms with Gasteiger partial charge in [0.25, 0.3) is 0 Å². The minimum atomic E-state index is 0.384. The predicted octanol–water partition coefficient (Wildman–Crippen LogP) is 2.33. The van der Waals surface area contributed by atoms with Gasteiger partial charge in [0.2, 0.25) is 0 Å². The third kappa shape index (κ3) is 2.47. The smallest absolute Gasteiger partial charge is 0.191 e. The van der Waals surface area contributed by atoms with Crippen LogP contribution in [0.5, 0.6) is 0 Å². The topological polar surface area (TPSA) is 58.5 Å². The maximum atomic E-state index is 5.99. The summed E-state index contributed by atoms with van der Waals surface area (Å²) in [6.07, 6.45) is 8.66. The fourth-order valence-corrected chi connectivity index (χ4v) is 5.35. The number of rotatable bonds is 4. The Balaban J connectivity index is 1.37. The number of nitrogens with one attached hydrogen (secondary N) is 2. The van der Waals surface area contributed by atoms with Gasteiger partial charge in [-0.2, -0.15) is 0 Å². The Bertz CT molecular complexity index is 595. The molecule has 3 atom stereocenters. The monoisotopic (exact) mass is 334 g/mol. The quantitative estimate of drug-likeness (QED) is 0.655. The van der Waals surface area contributed by atoms with Gasteiger partial charge in [0.15, 0.2) is 5.96 Å². The number of guanidine groups is 1. The van der Waals surface area contributed by atoms with Crippen LogP contribution in [-0.2, 0) is 17.7 Å². The van der Waals surface area contributed by atoms with Gasteiger partial charge in [-0.25, -0.2) is 4.98 Å². The Morgan fingerprint density at radius 1 is 1.52 bits per heavy atom. The van der Waals surface area contributed by atoms with Crippen LogP contribution >= 0.6 is 11.3 Å². The van der Waals surface area contributed by atoms with Gasteiger partial charge in [0.1, 0.15) is 5.01 Å². The predicted molar refractivity (Wildman–Crippen MR) is 92.7 cm³/mol. The second kappa shape index (κ2) is 6.06. The molecular formula is C17H26N4OS. The zero-order valence-corrected chi connectivity index (χ0v) is 14.8. The highest BCUT2D eigenvalue weighted by atomic mass is 32.1. The van der Waals surface area contributed by atoms with E-state index in [9.17, 15) is 0 Å². The maximum absolute atomic E-state index is 5.99. The highest BCUT2D eigenvalue weighted by molar-refractivity contribution is 7.11. The summed E-state index contributed by atoms with van der Waals surface area (Å²) in [6.45, 7) is 3.84. The molecular weight excluding hydrogens is 308 g/mol. The van der Waals surface area contributed by atoms with E-state index in [1.807, 2.05) is 13.2 Å². The molecule has 1 saturated heterocycles. The van der Waals surface area contributed by atoms with Gasteiger partial charge in [0.05, 0.1) is 12.6 Å². The van der Waals surface area contributed by atoms with Crippen LogP contribution in [0, 0.1) is 11.3 Å². The lowest BCUT2D eigenvalue weighted by Gasteiger charge is -2.63. The average Bonchev–Trinajstić information content (AvgIpc) is 3.14. The summed E-state index contributed by atoms with van der Waals surface area (Å²) in [4.78, 5) is 10.2. The van der Waals surface area contributed by atoms with E-state index >= 15 is 0 Å². The van der Waals surface area contributed by atoms with Crippen molar-refractivity contribution in [2.45, 2.75) is 57.7 Å². The largest absolute Gasteiger partial charge is 0.377 e. The number of thiazole rings is 1. The molecule has 3 aliphatic rings. The minimum Gasteiger partial charge on any atom is -0.377 e. The molecule has 2 heterocycles. The van der Waals surface area contributed by atoms with Gasteiger partial charge in [-0.1, -0.05) is 13.3 Å². The highest BCUT2D eigenvalue weighted by Gasteiger charge is 2.66. The van der Waals surface area contributed by atoms with Crippen molar-refractivity contribution < 1.29 is 4.74 Å². The molecule has 3 unspecified atom stereocenters. The fraction of sp³-hybridized carbons (Fsp3) is 0.765. The molecule has 0 aromatic carbocycles. The fourth-order valence-electron chi connectivity index (χ4n) is 4.55. The molecule has 23 heavy (non-hydrogen) atoms. The molecule has 1 aromatic heterocycles. The van der Waals surface area contributed by atoms with Crippen LogP contribution in [0.4, 0.5) is 0 Å². The van der Waals surface area contributed by atoms with E-state index in [-0.39, 0.29) is 0 Å². The van der Waals surface area contributed by atoms with Gasteiger partial charge >= 0.3 is 0 Å². The third-order valence-electron chi connectivity index (χ3n) is 5.91. The molecule has 0 bridgehead atoms. The number of aromatic nitrogens is 1. The van der Waals surface area contributed by atoms with Crippen LogP contribution in [-0.4, -0.2) is 36.7 Å². The molecule has 0 amide bonds. The van der Waals surface area contributed by atoms with E-state index in [2.05, 4.69) is 27.5 Å². The normalized spacial score (nSPS) is 31.4. The highest BCUT2D eigenvalue weighted by Crippen LogP contribution is 2.62. The minimum absolute atomic E-state index is 0.384. The first-order chi connectivity index (χ1) is 11.3. The van der Waals surface area contributed by atoms with Gasteiger partial charge in [-0.05, 0) is 25.7 Å². The molecule has 126 valence electrons. The number of aliphatic imine (C=N–C) groups is 1. The zero-order valence-electron chi connectivity index (χ0n) is 14.0. The van der Waals surface area contributed by atoms with E-state index in [0.29, 0.717) is 23.5 Å². The molecule has 4 rings (SSSR count). The van der Waals surface area contributed by atoms with Crippen LogP contribution < -0.4 is 10.6 Å². The first kappa shape index (κ1) is 15.4. The Hall–Kier alpha value is -1.14. The molecule has 2 aliphatic carbocycles. The van der Waals surface area contributed by atoms with E-state index in [1.54, 1.807) is 11.3 Å². The second-order valence-corrected chi connectivity index (χ2v) is 8.15. The number of hydrogen-bond acceptors (Lipinski definition) is 4. The number of nitrogens with zero attached hydrogens (tertiary/aromatic N) is 2. The standard InChI is InChI=1S/C17H26N4OS/c1-3-11-9-19-13(23-11)10-20-16(18-2)21-14-12-5-8-22-15(12)17(14)6-4-7-17/h9,12,14-15H,3-8,10H2,1-2H3,(H2,18,20,21). The SMILES string of the molecule is CCc1cnc(CNC(=NC)NC2C3CCOC3C23CCC3)s1. The molecule has 6 heteroatoms. The molecule has 2 saturated carbocycles. The van der Waals surface area contributed by atoms with Crippen molar-refractivity contribution in [1.29, 1.82) is 0 Å². The number of fused-ring (bicyclic) bond motifs is 2. The lowest BCUT2D eigenvalue weighted by atomic mass is 9.46. The van der Waals surface area contributed by atoms with Crippen molar-refractivity contribution in [3.05, 3.63) is 16.1 Å². The summed E-state index contributed by atoms with van der Waals surface area (Å²) >= 11 is 1.78. The van der Waals surface area contributed by atoms with Crippen molar-refractivity contribution in [3.8, 4) is 0 Å². The number of hydrogen-bond donors (Lipinski definition) is 2. The van der Waals surface area contributed by atoms with Crippen LogP contribution in [0.15, 0.2) is 11.2 Å². The van der Waals surface area contributed by atoms with Crippen molar-refractivity contribution in [2.75, 3.05) is 13.7 Å². The Morgan fingerprint density at radius 2 is 2.39 bits per heavy atom. The maximum Gasteiger partial charge on any atom is 0.191 e. The van der Waals surface area contributed by atoms with Crippen molar-refractivity contribution >= 4 is 17.3 Å². The van der Waals surface area contributed by atoms with E-state index in [0.717, 1.165) is 30.5 Å². The Labute approximate surface area is 141 Å². The third-order valence-corrected chi connectivity index (χ3v) is 7.05. The van der Waals surface area contributed by atoms with E-state index in [1.165, 1.54) is 30.6 Å². The summed E-state index contributed by atoms with van der Waals surface area (Å²) in [6, 6.07) is 0.525. The lowest BCUT2D eigenvalue weighted by molar-refractivity contribution is -0.171. The van der Waals surface area contributed by atoms with Crippen LogP contribution in [0.1, 0.15) is 42.5 Å². The molecule has 3 fully saturated rings. The van der Waals surface area contributed by atoms with Crippen molar-refractivity contribution in [3.63, 3.8) is 0 Å². The first-order valence-electron chi connectivity index (χ1n) is 8.79. The summed E-state index contributed by atoms with van der Waals surface area (Å²) in [7, 11) is 1.85. The van der Waals surface area contributed by atoms with Gasteiger partial charge in [0, 0.05) is 42.1 Å². The molecule has 2 N–H and O–H groups in total. The second-order valence-electron chi connectivity index (χ2n) is 6.95. The van der Waals surface area contributed by atoms with Crippen molar-refractivity contribution in [1.82, 2.24) is 15.6 Å². The lowest BCUT2D eigenvalue weighted by Crippen LogP contribution is -2.72. The zero-order chi connectivity index (χ0) is 15.9. The Morgan fingerprint density at radius 3 is 3.04 bits per heavy atom. The van der Waals surface area contributed by atoms with Crippen LogP contribution in [0.3, 0.4) is 0 Å². The number of ether oxygens (including phenoxy) is 1. The summed E-state index contributed by atoms with van der Waals surface area (Å²) < 4.78 is 5.99. The molecule has 1 aromatic rings. The average molecular weight is 334 g/mol. The van der Waals surface area contributed by atoms with Crippen molar-refractivity contribution in [2.24, 2.45) is 16.3 Å². The summed E-state index contributed by atoms with van der Waals surface area (Å²) in [5, 5.41) is 8.25. The molecule has 5 nitrogen and oxygen atoms in total. The van der Waals surface area contributed by atoms with E-state index < -0.39 is 0 Å².